The van der Waals surface area contributed by atoms with Crippen LogP contribution in [-0.2, 0) is 4.79 Å². The molecule has 4 nitrogen and oxygen atoms in total. The maximum Gasteiger partial charge on any atom is 0.163 e. The highest BCUT2D eigenvalue weighted by Gasteiger charge is 2.39. The number of aryl methyl sites for hydroxylation is 2. The molecule has 0 bridgehead atoms. The number of allylic oxidation sites excluding steroid dienone is 1. The molecule has 5 heteroatoms. The van der Waals surface area contributed by atoms with E-state index in [0.29, 0.717) is 12.0 Å². The summed E-state index contributed by atoms with van der Waals surface area (Å²) < 4.78 is 0.866. The van der Waals surface area contributed by atoms with Crippen molar-refractivity contribution in [3.05, 3.63) is 62.8 Å². The van der Waals surface area contributed by atoms with Crippen LogP contribution in [0.25, 0.3) is 0 Å². The van der Waals surface area contributed by atoms with Crippen molar-refractivity contribution in [3.8, 4) is 5.75 Å². The SMILES string of the molecule is Cc1cc2c(cc1C)N[C@@H](c1cc(Br)ccc1O)C1=C(CC(C)(C)CC1=O)N2. The monoisotopic (exact) mass is 440 g/mol. The van der Waals surface area contributed by atoms with Crippen molar-refractivity contribution in [2.45, 2.75) is 46.6 Å². The Balaban J connectivity index is 1.95. The number of ketones is 1. The molecule has 4 rings (SSSR count). The Hall–Kier alpha value is -2.27. The van der Waals surface area contributed by atoms with Gasteiger partial charge in [0.2, 0.25) is 0 Å². The summed E-state index contributed by atoms with van der Waals surface area (Å²) in [6.45, 7) is 8.42. The molecule has 0 fully saturated rings. The van der Waals surface area contributed by atoms with Crippen molar-refractivity contribution in [2.24, 2.45) is 5.41 Å². The van der Waals surface area contributed by atoms with E-state index in [4.69, 9.17) is 0 Å². The highest BCUT2D eigenvalue weighted by atomic mass is 79.9. The second kappa shape index (κ2) is 6.66. The van der Waals surface area contributed by atoms with Crippen LogP contribution in [0, 0.1) is 19.3 Å². The van der Waals surface area contributed by atoms with Crippen LogP contribution in [0.5, 0.6) is 5.75 Å². The van der Waals surface area contributed by atoms with Crippen LogP contribution in [0.3, 0.4) is 0 Å². The predicted octanol–water partition coefficient (Wildman–Crippen LogP) is 5.99. The Morgan fingerprint density at radius 1 is 1.07 bits per heavy atom. The van der Waals surface area contributed by atoms with Crippen molar-refractivity contribution in [1.29, 1.82) is 0 Å². The average molecular weight is 441 g/mol. The largest absolute Gasteiger partial charge is 0.508 e. The van der Waals surface area contributed by atoms with E-state index in [0.717, 1.165) is 33.5 Å². The summed E-state index contributed by atoms with van der Waals surface area (Å²) in [4.78, 5) is 13.2. The minimum atomic E-state index is -0.410. The summed E-state index contributed by atoms with van der Waals surface area (Å²) in [5.41, 5.74) is 6.54. The van der Waals surface area contributed by atoms with Gasteiger partial charge in [-0.05, 0) is 67.1 Å². The number of halogens is 1. The molecule has 1 heterocycles. The minimum absolute atomic E-state index is 0.100. The number of phenols is 1. The normalized spacial score (nSPS) is 20.6. The standard InChI is InChI=1S/C23H25BrN2O2/c1-12-7-16-17(8-13(12)2)26-22(15-9-14(24)5-6-19(15)27)21-18(25-16)10-23(3,4)11-20(21)28/h5-9,22,25-27H,10-11H2,1-4H3/t22-/m0/s1. The summed E-state index contributed by atoms with van der Waals surface area (Å²) in [6.07, 6.45) is 1.28. The molecule has 1 atom stereocenters. The second-order valence-electron chi connectivity index (χ2n) is 8.72. The van der Waals surface area contributed by atoms with Crippen LogP contribution in [0.4, 0.5) is 11.4 Å². The van der Waals surface area contributed by atoms with Gasteiger partial charge in [-0.3, -0.25) is 4.79 Å². The second-order valence-corrected chi connectivity index (χ2v) is 9.64. The van der Waals surface area contributed by atoms with E-state index < -0.39 is 6.04 Å². The molecule has 0 unspecified atom stereocenters. The molecule has 3 N–H and O–H groups in total. The number of phenolic OH excluding ortho intramolecular Hbond substituents is 1. The van der Waals surface area contributed by atoms with Crippen LogP contribution >= 0.6 is 15.9 Å². The predicted molar refractivity (Wildman–Crippen MR) is 117 cm³/mol. The van der Waals surface area contributed by atoms with Crippen molar-refractivity contribution in [3.63, 3.8) is 0 Å². The van der Waals surface area contributed by atoms with Gasteiger partial charge in [0.25, 0.3) is 0 Å². The number of nitrogens with one attached hydrogen (secondary N) is 2. The fourth-order valence-corrected chi connectivity index (χ4v) is 4.58. The summed E-state index contributed by atoms with van der Waals surface area (Å²) in [5.74, 6) is 0.300. The van der Waals surface area contributed by atoms with E-state index in [1.54, 1.807) is 12.1 Å². The summed E-state index contributed by atoms with van der Waals surface area (Å²) >= 11 is 3.50. The molecule has 0 saturated carbocycles. The van der Waals surface area contributed by atoms with E-state index in [9.17, 15) is 9.90 Å². The lowest BCUT2D eigenvalue weighted by Crippen LogP contribution is -2.31. The highest BCUT2D eigenvalue weighted by Crippen LogP contribution is 2.47. The quantitative estimate of drug-likeness (QED) is 0.509. The molecule has 2 aliphatic rings. The van der Waals surface area contributed by atoms with Gasteiger partial charge >= 0.3 is 0 Å². The topological polar surface area (TPSA) is 61.4 Å². The lowest BCUT2D eigenvalue weighted by atomic mass is 9.73. The lowest BCUT2D eigenvalue weighted by Gasteiger charge is -2.34. The van der Waals surface area contributed by atoms with E-state index in [-0.39, 0.29) is 16.9 Å². The Bertz CT molecular complexity index is 1020. The number of fused-ring (bicyclic) bond motifs is 1. The number of anilines is 2. The molecule has 2 aromatic rings. The van der Waals surface area contributed by atoms with Gasteiger partial charge in [0.15, 0.2) is 5.78 Å². The lowest BCUT2D eigenvalue weighted by molar-refractivity contribution is -0.118. The average Bonchev–Trinajstić information content (AvgIpc) is 2.73. The van der Waals surface area contributed by atoms with Crippen LogP contribution < -0.4 is 10.6 Å². The van der Waals surface area contributed by atoms with Crippen molar-refractivity contribution in [1.82, 2.24) is 0 Å². The molecular weight excluding hydrogens is 416 g/mol. The van der Waals surface area contributed by atoms with E-state index in [2.05, 4.69) is 66.4 Å². The molecule has 0 aromatic heterocycles. The van der Waals surface area contributed by atoms with Gasteiger partial charge in [-0.15, -0.1) is 0 Å². The Kier molecular flexibility index (Phi) is 4.53. The molecule has 0 spiro atoms. The first kappa shape index (κ1) is 19.1. The number of carbonyl (C=O) groups is 1. The fraction of sp³-hybridized carbons (Fsp3) is 0.348. The maximum atomic E-state index is 13.2. The first-order chi connectivity index (χ1) is 13.1. The van der Waals surface area contributed by atoms with Crippen LogP contribution in [0.2, 0.25) is 0 Å². The van der Waals surface area contributed by atoms with Gasteiger partial charge in [-0.1, -0.05) is 29.8 Å². The summed E-state index contributed by atoms with van der Waals surface area (Å²) in [7, 11) is 0. The van der Waals surface area contributed by atoms with E-state index >= 15 is 0 Å². The molecule has 0 amide bonds. The number of Topliss-reactive ketones (excluding diaryl/α,β-unsaturated/α-hetero) is 1. The Labute approximate surface area is 174 Å². The highest BCUT2D eigenvalue weighted by molar-refractivity contribution is 9.10. The molecule has 1 aliphatic heterocycles. The van der Waals surface area contributed by atoms with Gasteiger partial charge < -0.3 is 15.7 Å². The summed E-state index contributed by atoms with van der Waals surface area (Å²) in [6, 6.07) is 9.17. The number of hydrogen-bond acceptors (Lipinski definition) is 4. The Morgan fingerprint density at radius 3 is 2.46 bits per heavy atom. The smallest absolute Gasteiger partial charge is 0.163 e. The number of aromatic hydroxyl groups is 1. The van der Waals surface area contributed by atoms with Gasteiger partial charge in [0.1, 0.15) is 5.75 Å². The van der Waals surface area contributed by atoms with Crippen molar-refractivity contribution in [2.75, 3.05) is 10.6 Å². The number of carbonyl (C=O) groups excluding carboxylic acids is 1. The van der Waals surface area contributed by atoms with E-state index in [1.807, 2.05) is 6.07 Å². The summed E-state index contributed by atoms with van der Waals surface area (Å²) in [5, 5.41) is 17.7. The third-order valence-electron chi connectivity index (χ3n) is 5.73. The third-order valence-corrected chi connectivity index (χ3v) is 6.22. The van der Waals surface area contributed by atoms with Gasteiger partial charge in [-0.25, -0.2) is 0 Å². The van der Waals surface area contributed by atoms with Gasteiger partial charge in [0.05, 0.1) is 17.4 Å². The van der Waals surface area contributed by atoms with Gasteiger partial charge in [0, 0.05) is 27.7 Å². The first-order valence-electron chi connectivity index (χ1n) is 9.54. The molecule has 146 valence electrons. The molecule has 2 aromatic carbocycles. The van der Waals surface area contributed by atoms with Crippen LogP contribution in [0.15, 0.2) is 46.1 Å². The maximum absolute atomic E-state index is 13.2. The van der Waals surface area contributed by atoms with Crippen molar-refractivity contribution < 1.29 is 9.90 Å². The third kappa shape index (κ3) is 3.32. The number of hydrogen-bond donors (Lipinski definition) is 3. The minimum Gasteiger partial charge on any atom is -0.508 e. The molecule has 1 aliphatic carbocycles. The first-order valence-corrected chi connectivity index (χ1v) is 10.3. The number of benzene rings is 2. The number of rotatable bonds is 1. The zero-order valence-electron chi connectivity index (χ0n) is 16.6. The molecule has 0 saturated heterocycles. The zero-order valence-corrected chi connectivity index (χ0v) is 18.2. The van der Waals surface area contributed by atoms with Gasteiger partial charge in [-0.2, -0.15) is 0 Å². The Morgan fingerprint density at radius 2 is 1.75 bits per heavy atom. The fourth-order valence-electron chi connectivity index (χ4n) is 4.20. The molecule has 0 radical (unpaired) electrons. The van der Waals surface area contributed by atoms with Crippen LogP contribution in [0.1, 0.15) is 49.4 Å². The molecule has 28 heavy (non-hydrogen) atoms. The van der Waals surface area contributed by atoms with E-state index in [1.165, 1.54) is 11.1 Å². The van der Waals surface area contributed by atoms with Crippen molar-refractivity contribution >= 4 is 33.1 Å². The van der Waals surface area contributed by atoms with Crippen LogP contribution in [-0.4, -0.2) is 10.9 Å². The zero-order chi connectivity index (χ0) is 20.2. The molecular formula is C23H25BrN2O2.